The highest BCUT2D eigenvalue weighted by Crippen LogP contribution is 2.24. The zero-order chi connectivity index (χ0) is 24.6. The van der Waals surface area contributed by atoms with Crippen LogP contribution in [-0.4, -0.2) is 53.0 Å². The van der Waals surface area contributed by atoms with Crippen molar-refractivity contribution in [3.8, 4) is 5.75 Å². The number of rotatable bonds is 12. The van der Waals surface area contributed by atoms with Crippen LogP contribution in [0.4, 0.5) is 0 Å². The van der Waals surface area contributed by atoms with E-state index in [2.05, 4.69) is 33.0 Å². The van der Waals surface area contributed by atoms with Gasteiger partial charge in [0.15, 0.2) is 0 Å². The number of aliphatic carboxylic acids is 1. The third kappa shape index (κ3) is 8.89. The van der Waals surface area contributed by atoms with Crippen LogP contribution in [0.3, 0.4) is 0 Å². The number of hydrogen-bond donors (Lipinski definition) is 2. The van der Waals surface area contributed by atoms with Gasteiger partial charge >= 0.3 is 5.97 Å². The van der Waals surface area contributed by atoms with E-state index in [9.17, 15) is 19.5 Å². The molecule has 0 aliphatic rings. The maximum atomic E-state index is 13.2. The monoisotopic (exact) mass is 448 g/mol. The van der Waals surface area contributed by atoms with Crippen LogP contribution >= 0.6 is 0 Å². The van der Waals surface area contributed by atoms with Gasteiger partial charge in [-0.2, -0.15) is 0 Å². The van der Waals surface area contributed by atoms with Gasteiger partial charge in [0.2, 0.25) is 0 Å². The number of benzene rings is 1. The minimum absolute atomic E-state index is 0.107. The minimum Gasteiger partial charge on any atom is -0.490 e. The van der Waals surface area contributed by atoms with Crippen LogP contribution < -0.4 is 10.1 Å². The highest BCUT2D eigenvalue weighted by molar-refractivity contribution is 6.01. The topological polar surface area (TPSA) is 95.9 Å². The van der Waals surface area contributed by atoms with E-state index >= 15 is 0 Å². The van der Waals surface area contributed by atoms with Crippen molar-refractivity contribution in [3.63, 3.8) is 0 Å². The molecular formula is C25H40N2O5. The average molecular weight is 449 g/mol. The molecule has 0 aromatic heterocycles. The van der Waals surface area contributed by atoms with Gasteiger partial charge in [0.1, 0.15) is 11.8 Å². The van der Waals surface area contributed by atoms with Gasteiger partial charge in [0.25, 0.3) is 11.8 Å². The molecule has 2 amide bonds. The molecule has 0 fully saturated rings. The largest absolute Gasteiger partial charge is 0.490 e. The van der Waals surface area contributed by atoms with E-state index in [1.165, 1.54) is 6.07 Å². The molecule has 1 aromatic rings. The molecule has 0 spiro atoms. The molecule has 0 aliphatic carbocycles. The van der Waals surface area contributed by atoms with Gasteiger partial charge in [0, 0.05) is 18.7 Å². The molecule has 1 rings (SSSR count). The van der Waals surface area contributed by atoms with E-state index in [1.54, 1.807) is 12.1 Å². The Labute approximate surface area is 192 Å². The molecule has 180 valence electrons. The molecular weight excluding hydrogens is 408 g/mol. The molecule has 0 unspecified atom stereocenters. The Morgan fingerprint density at radius 1 is 0.938 bits per heavy atom. The van der Waals surface area contributed by atoms with Crippen LogP contribution in [0.25, 0.3) is 0 Å². The highest BCUT2D eigenvalue weighted by atomic mass is 16.5. The molecule has 32 heavy (non-hydrogen) atoms. The molecule has 1 atom stereocenters. The van der Waals surface area contributed by atoms with E-state index in [0.29, 0.717) is 36.9 Å². The highest BCUT2D eigenvalue weighted by Gasteiger charge is 2.25. The Bertz CT molecular complexity index is 777. The first-order valence-electron chi connectivity index (χ1n) is 11.4. The Balaban J connectivity index is 3.27. The quantitative estimate of drug-likeness (QED) is 0.492. The third-order valence-electron chi connectivity index (χ3n) is 4.60. The number of carbonyl (C=O) groups is 3. The van der Waals surface area contributed by atoms with Gasteiger partial charge in [-0.15, -0.1) is 0 Å². The first-order chi connectivity index (χ1) is 14.8. The summed E-state index contributed by atoms with van der Waals surface area (Å²) in [5.74, 6) is -0.707. The van der Waals surface area contributed by atoms with Crippen LogP contribution in [0.15, 0.2) is 18.2 Å². The van der Waals surface area contributed by atoms with Crippen LogP contribution in [0, 0.1) is 17.8 Å². The number of nitrogens with one attached hydrogen (secondary N) is 1. The lowest BCUT2D eigenvalue weighted by Crippen LogP contribution is -2.41. The number of amides is 2. The van der Waals surface area contributed by atoms with Crippen LogP contribution in [0.1, 0.15) is 82.5 Å². The molecule has 7 nitrogen and oxygen atoms in total. The first kappa shape index (κ1) is 27.5. The predicted octanol–water partition coefficient (Wildman–Crippen LogP) is 4.46. The summed E-state index contributed by atoms with van der Waals surface area (Å²) in [5, 5.41) is 12.0. The summed E-state index contributed by atoms with van der Waals surface area (Å²) < 4.78 is 5.84. The summed E-state index contributed by atoms with van der Waals surface area (Å²) in [5.41, 5.74) is 0.653. The molecule has 0 radical (unpaired) electrons. The average Bonchev–Trinajstić information content (AvgIpc) is 2.64. The summed E-state index contributed by atoms with van der Waals surface area (Å²) in [4.78, 5) is 39.5. The maximum absolute atomic E-state index is 13.2. The summed E-state index contributed by atoms with van der Waals surface area (Å²) in [6.07, 6.45) is 0.0949. The number of nitrogens with zero attached hydrogens (tertiary/aromatic N) is 1. The lowest BCUT2D eigenvalue weighted by atomic mass is 10.0. The molecule has 0 heterocycles. The maximum Gasteiger partial charge on any atom is 0.326 e. The first-order valence-corrected chi connectivity index (χ1v) is 11.4. The van der Waals surface area contributed by atoms with Gasteiger partial charge < -0.3 is 20.1 Å². The van der Waals surface area contributed by atoms with Gasteiger partial charge in [-0.05, 0) is 56.2 Å². The van der Waals surface area contributed by atoms with Crippen molar-refractivity contribution in [2.75, 3.05) is 13.1 Å². The van der Waals surface area contributed by atoms with Gasteiger partial charge in [0.05, 0.1) is 11.7 Å². The second-order valence-electron chi connectivity index (χ2n) is 9.87. The standard InChI is InChI=1S/C25H40N2O5/c1-15(2)11-21(25(30)31)26-23(28)20-10-9-19(12-22(20)32-18(7)8)24(29)27(13-16(3)4)14-17(5)6/h9-10,12,15-18,21H,11,13-14H2,1-8H3,(H,26,28)(H,30,31)/t21-/m0/s1. The fourth-order valence-corrected chi connectivity index (χ4v) is 3.43. The van der Waals surface area contributed by atoms with Crippen LogP contribution in [-0.2, 0) is 4.79 Å². The zero-order valence-electron chi connectivity index (χ0n) is 20.8. The molecule has 7 heteroatoms. The summed E-state index contributed by atoms with van der Waals surface area (Å²) in [6.45, 7) is 17.0. The summed E-state index contributed by atoms with van der Waals surface area (Å²) >= 11 is 0. The molecule has 0 saturated heterocycles. The van der Waals surface area contributed by atoms with E-state index < -0.39 is 17.9 Å². The molecule has 0 bridgehead atoms. The van der Waals surface area contributed by atoms with E-state index in [0.717, 1.165) is 0 Å². The molecule has 2 N–H and O–H groups in total. The lowest BCUT2D eigenvalue weighted by Gasteiger charge is -2.27. The SMILES string of the molecule is CC(C)C[C@H](NC(=O)c1ccc(C(=O)N(CC(C)C)CC(C)C)cc1OC(C)C)C(=O)O. The van der Waals surface area contributed by atoms with Gasteiger partial charge in [-0.25, -0.2) is 4.79 Å². The zero-order valence-corrected chi connectivity index (χ0v) is 20.8. The second-order valence-corrected chi connectivity index (χ2v) is 9.87. The normalized spacial score (nSPS) is 12.4. The Hall–Kier alpha value is -2.57. The fraction of sp³-hybridized carbons (Fsp3) is 0.640. The van der Waals surface area contributed by atoms with Gasteiger partial charge in [-0.3, -0.25) is 9.59 Å². The fourth-order valence-electron chi connectivity index (χ4n) is 3.43. The molecule has 1 aromatic carbocycles. The molecule has 0 aliphatic heterocycles. The number of carboxylic acid groups (broad SMARTS) is 1. The minimum atomic E-state index is -1.08. The summed E-state index contributed by atoms with van der Waals surface area (Å²) in [6, 6.07) is 3.74. The van der Waals surface area contributed by atoms with Gasteiger partial charge in [-0.1, -0.05) is 41.5 Å². The predicted molar refractivity (Wildman–Crippen MR) is 126 cm³/mol. The Morgan fingerprint density at radius 2 is 1.50 bits per heavy atom. The molecule has 0 saturated carbocycles. The van der Waals surface area contributed by atoms with Crippen molar-refractivity contribution in [1.29, 1.82) is 0 Å². The van der Waals surface area contributed by atoms with E-state index in [4.69, 9.17) is 4.74 Å². The third-order valence-corrected chi connectivity index (χ3v) is 4.60. The Morgan fingerprint density at radius 3 is 1.94 bits per heavy atom. The number of carboxylic acids is 1. The number of ether oxygens (including phenoxy) is 1. The van der Waals surface area contributed by atoms with E-state index in [1.807, 2.05) is 32.6 Å². The Kier molecular flexibility index (Phi) is 10.7. The van der Waals surface area contributed by atoms with Crippen molar-refractivity contribution in [2.45, 2.75) is 74.0 Å². The van der Waals surface area contributed by atoms with Crippen LogP contribution in [0.5, 0.6) is 5.75 Å². The summed E-state index contributed by atoms with van der Waals surface area (Å²) in [7, 11) is 0. The smallest absolute Gasteiger partial charge is 0.326 e. The van der Waals surface area contributed by atoms with Crippen molar-refractivity contribution in [3.05, 3.63) is 29.3 Å². The number of hydrogen-bond acceptors (Lipinski definition) is 4. The lowest BCUT2D eigenvalue weighted by molar-refractivity contribution is -0.139. The van der Waals surface area contributed by atoms with Crippen molar-refractivity contribution < 1.29 is 24.2 Å². The second kappa shape index (κ2) is 12.5. The van der Waals surface area contributed by atoms with Crippen molar-refractivity contribution >= 4 is 17.8 Å². The van der Waals surface area contributed by atoms with Crippen molar-refractivity contribution in [1.82, 2.24) is 10.2 Å². The van der Waals surface area contributed by atoms with Crippen LogP contribution in [0.2, 0.25) is 0 Å². The van der Waals surface area contributed by atoms with Crippen molar-refractivity contribution in [2.24, 2.45) is 17.8 Å². The van der Waals surface area contributed by atoms with E-state index in [-0.39, 0.29) is 29.2 Å². The number of carbonyl (C=O) groups excluding carboxylic acids is 2.